The maximum absolute atomic E-state index is 13.3. The summed E-state index contributed by atoms with van der Waals surface area (Å²) in [6.07, 6.45) is -6.88. The SMILES string of the molecule is CC(Cc1ccco1)N(C=O)CNC(CCOCc1cc(C(F)(F)F)cc(C(F)(F)F)c1)(c1ccccc1)c1ccccc1. The van der Waals surface area contributed by atoms with Crippen LogP contribution in [0, 0.1) is 0 Å². The Kier molecular flexibility index (Phi) is 10.5. The first-order chi connectivity index (χ1) is 20.9. The van der Waals surface area contributed by atoms with Gasteiger partial charge in [-0.2, -0.15) is 26.3 Å². The Morgan fingerprint density at radius 3 is 1.86 bits per heavy atom. The minimum Gasteiger partial charge on any atom is -0.469 e. The van der Waals surface area contributed by atoms with Crippen LogP contribution in [0.2, 0.25) is 0 Å². The molecule has 0 saturated carbocycles. The molecule has 3 aromatic carbocycles. The van der Waals surface area contributed by atoms with Crippen LogP contribution in [-0.4, -0.2) is 30.6 Å². The Morgan fingerprint density at radius 2 is 1.39 bits per heavy atom. The summed E-state index contributed by atoms with van der Waals surface area (Å²) in [5.74, 6) is 0.721. The lowest BCUT2D eigenvalue weighted by Gasteiger charge is -2.39. The fourth-order valence-electron chi connectivity index (χ4n) is 5.07. The molecule has 0 aliphatic rings. The first-order valence-corrected chi connectivity index (χ1v) is 13.9. The van der Waals surface area contributed by atoms with Gasteiger partial charge in [-0.25, -0.2) is 0 Å². The van der Waals surface area contributed by atoms with Gasteiger partial charge in [-0.3, -0.25) is 10.1 Å². The van der Waals surface area contributed by atoms with Crippen LogP contribution >= 0.6 is 0 Å². The maximum atomic E-state index is 13.3. The van der Waals surface area contributed by atoms with Gasteiger partial charge in [0, 0.05) is 19.1 Å². The maximum Gasteiger partial charge on any atom is 0.416 e. The zero-order chi connectivity index (χ0) is 31.8. The summed E-state index contributed by atoms with van der Waals surface area (Å²) in [4.78, 5) is 13.7. The van der Waals surface area contributed by atoms with Crippen LogP contribution in [0.15, 0.2) is 102 Å². The van der Waals surface area contributed by atoms with Crippen molar-refractivity contribution in [3.8, 4) is 0 Å². The second-order valence-corrected chi connectivity index (χ2v) is 10.4. The fourth-order valence-corrected chi connectivity index (χ4v) is 5.07. The van der Waals surface area contributed by atoms with E-state index in [0.717, 1.165) is 23.3 Å². The molecule has 234 valence electrons. The van der Waals surface area contributed by atoms with E-state index in [1.54, 1.807) is 17.2 Å². The first kappa shape index (κ1) is 32.8. The van der Waals surface area contributed by atoms with Crippen LogP contribution in [-0.2, 0) is 40.5 Å². The smallest absolute Gasteiger partial charge is 0.416 e. The van der Waals surface area contributed by atoms with E-state index in [-0.39, 0.29) is 37.4 Å². The van der Waals surface area contributed by atoms with Crippen LogP contribution in [0.3, 0.4) is 0 Å². The summed E-state index contributed by atoms with van der Waals surface area (Å²) < 4.78 is 91.2. The normalized spacial score (nSPS) is 13.1. The molecule has 0 aliphatic heterocycles. The number of carbonyl (C=O) groups is 1. The molecular weight excluding hydrogens is 586 g/mol. The Balaban J connectivity index is 1.59. The third-order valence-electron chi connectivity index (χ3n) is 7.41. The molecule has 1 N–H and O–H groups in total. The van der Waals surface area contributed by atoms with Gasteiger partial charge in [0.25, 0.3) is 0 Å². The van der Waals surface area contributed by atoms with Crippen molar-refractivity contribution in [1.82, 2.24) is 10.2 Å². The number of nitrogens with zero attached hydrogens (tertiary/aromatic N) is 1. The molecule has 1 atom stereocenters. The third kappa shape index (κ3) is 8.29. The highest BCUT2D eigenvalue weighted by molar-refractivity contribution is 5.48. The molecule has 0 aliphatic carbocycles. The molecule has 0 radical (unpaired) electrons. The number of carbonyl (C=O) groups excluding carboxylic acids is 1. The second-order valence-electron chi connectivity index (χ2n) is 10.4. The number of alkyl halides is 6. The molecule has 5 nitrogen and oxygen atoms in total. The monoisotopic (exact) mass is 618 g/mol. The summed E-state index contributed by atoms with van der Waals surface area (Å²) in [5.41, 5.74) is -2.31. The summed E-state index contributed by atoms with van der Waals surface area (Å²) in [6.45, 7) is 1.52. The van der Waals surface area contributed by atoms with Crippen molar-refractivity contribution >= 4 is 6.41 Å². The average molecular weight is 619 g/mol. The number of amides is 1. The van der Waals surface area contributed by atoms with E-state index >= 15 is 0 Å². The molecule has 4 aromatic rings. The second kappa shape index (κ2) is 14.1. The molecule has 44 heavy (non-hydrogen) atoms. The predicted molar refractivity (Wildman–Crippen MR) is 152 cm³/mol. The fraction of sp³-hybridized carbons (Fsp3) is 0.303. The van der Waals surface area contributed by atoms with Crippen molar-refractivity contribution < 1.29 is 40.3 Å². The minimum absolute atomic E-state index is 0.0303. The number of benzene rings is 3. The van der Waals surface area contributed by atoms with Gasteiger partial charge in [-0.05, 0) is 60.4 Å². The molecule has 1 aromatic heterocycles. The number of hydrogen-bond acceptors (Lipinski definition) is 4. The molecule has 0 saturated heterocycles. The summed E-state index contributed by atoms with van der Waals surface area (Å²) in [6, 6.07) is 23.5. The van der Waals surface area contributed by atoms with Gasteiger partial charge in [0.05, 0.1) is 36.2 Å². The molecule has 1 heterocycles. The van der Waals surface area contributed by atoms with Crippen molar-refractivity contribution in [2.24, 2.45) is 0 Å². The minimum atomic E-state index is -4.95. The zero-order valence-electron chi connectivity index (χ0n) is 23.9. The number of hydrogen-bond donors (Lipinski definition) is 1. The van der Waals surface area contributed by atoms with Crippen molar-refractivity contribution in [1.29, 1.82) is 0 Å². The highest BCUT2D eigenvalue weighted by Gasteiger charge is 2.37. The van der Waals surface area contributed by atoms with E-state index < -0.39 is 35.6 Å². The molecule has 1 unspecified atom stereocenters. The summed E-state index contributed by atoms with van der Waals surface area (Å²) >= 11 is 0. The third-order valence-corrected chi connectivity index (χ3v) is 7.41. The zero-order valence-corrected chi connectivity index (χ0v) is 23.9. The lowest BCUT2D eigenvalue weighted by atomic mass is 9.80. The Bertz CT molecular complexity index is 1390. The quantitative estimate of drug-likeness (QED) is 0.0678. The van der Waals surface area contributed by atoms with Gasteiger partial charge in [0.15, 0.2) is 0 Å². The van der Waals surface area contributed by atoms with Gasteiger partial charge in [0.2, 0.25) is 6.41 Å². The Labute approximate surface area is 251 Å². The summed E-state index contributed by atoms with van der Waals surface area (Å²) in [5, 5.41) is 3.52. The van der Waals surface area contributed by atoms with Crippen molar-refractivity contribution in [2.75, 3.05) is 13.3 Å². The van der Waals surface area contributed by atoms with Crippen molar-refractivity contribution in [2.45, 2.75) is 50.3 Å². The number of furan rings is 1. The van der Waals surface area contributed by atoms with Crippen LogP contribution in [0.4, 0.5) is 26.3 Å². The highest BCUT2D eigenvalue weighted by Crippen LogP contribution is 2.37. The number of halogens is 6. The van der Waals surface area contributed by atoms with Gasteiger partial charge in [-0.15, -0.1) is 0 Å². The first-order valence-electron chi connectivity index (χ1n) is 13.9. The molecule has 0 bridgehead atoms. The Morgan fingerprint density at radius 1 is 0.818 bits per heavy atom. The van der Waals surface area contributed by atoms with Crippen LogP contribution in [0.5, 0.6) is 0 Å². The van der Waals surface area contributed by atoms with Crippen LogP contribution < -0.4 is 5.32 Å². The molecule has 0 spiro atoms. The predicted octanol–water partition coefficient (Wildman–Crippen LogP) is 7.80. The highest BCUT2D eigenvalue weighted by atomic mass is 19.4. The standard InChI is InChI=1S/C33H32F6N2O3/c1-24(17-30-13-8-15-44-30)41(23-42)22-40-31(26-9-4-2-5-10-26,27-11-6-3-7-12-27)14-16-43-21-25-18-28(32(34,35)36)20-29(19-25)33(37,38)39/h2-13,15,18-20,23-24,40H,14,16-17,21-22H2,1H3. The number of ether oxygens (including phenoxy) is 1. The van der Waals surface area contributed by atoms with E-state index in [4.69, 9.17) is 9.15 Å². The van der Waals surface area contributed by atoms with Crippen molar-refractivity contribution in [3.63, 3.8) is 0 Å². The molecule has 0 fully saturated rings. The van der Waals surface area contributed by atoms with Gasteiger partial charge >= 0.3 is 12.4 Å². The lowest BCUT2D eigenvalue weighted by molar-refractivity contribution is -0.143. The van der Waals surface area contributed by atoms with Gasteiger partial charge in [0.1, 0.15) is 5.76 Å². The Hall–Kier alpha value is -4.09. The molecular formula is C33H32F6N2O3. The molecule has 4 rings (SSSR count). The summed E-state index contributed by atoms with van der Waals surface area (Å²) in [7, 11) is 0. The van der Waals surface area contributed by atoms with E-state index in [9.17, 15) is 31.1 Å². The van der Waals surface area contributed by atoms with Crippen molar-refractivity contribution in [3.05, 3.63) is 131 Å². The van der Waals surface area contributed by atoms with E-state index in [0.29, 0.717) is 18.6 Å². The topological polar surface area (TPSA) is 54.7 Å². The number of nitrogens with one attached hydrogen (secondary N) is 1. The largest absolute Gasteiger partial charge is 0.469 e. The van der Waals surface area contributed by atoms with E-state index in [1.807, 2.05) is 73.7 Å². The van der Waals surface area contributed by atoms with Gasteiger partial charge in [-0.1, -0.05) is 60.7 Å². The number of rotatable bonds is 14. The van der Waals surface area contributed by atoms with Crippen LogP contribution in [0.25, 0.3) is 0 Å². The average Bonchev–Trinajstić information content (AvgIpc) is 3.51. The van der Waals surface area contributed by atoms with E-state index in [1.165, 1.54) is 0 Å². The van der Waals surface area contributed by atoms with Crippen LogP contribution in [0.1, 0.15) is 46.9 Å². The van der Waals surface area contributed by atoms with E-state index in [2.05, 4.69) is 5.32 Å². The molecule has 1 amide bonds. The lowest BCUT2D eigenvalue weighted by Crippen LogP contribution is -2.51. The van der Waals surface area contributed by atoms with Gasteiger partial charge < -0.3 is 14.1 Å². The molecule has 11 heteroatoms.